The number of nitrogens with zero attached hydrogens (tertiary/aromatic N) is 5. The first-order valence-corrected chi connectivity index (χ1v) is 17.3. The van der Waals surface area contributed by atoms with Crippen LogP contribution in [0.5, 0.6) is 5.88 Å². The number of hydrogen-bond donors (Lipinski definition) is 1. The van der Waals surface area contributed by atoms with Gasteiger partial charge in [-0.05, 0) is 66.8 Å². The van der Waals surface area contributed by atoms with Crippen LogP contribution >= 0.6 is 0 Å². The van der Waals surface area contributed by atoms with Crippen molar-refractivity contribution in [3.8, 4) is 17.6 Å². The highest BCUT2D eigenvalue weighted by molar-refractivity contribution is 7.86. The van der Waals surface area contributed by atoms with Gasteiger partial charge in [0, 0.05) is 31.4 Å². The SMILES string of the molecule is CCCCN(CCCC)C(=O)c1cc2n(n1)-c1ccc(NS(=O)c3cccc(C#N)c3)cc1C(=O)N1Cc3ccccc3C[C@H]1CO2. The van der Waals surface area contributed by atoms with Crippen LogP contribution < -0.4 is 9.46 Å². The van der Waals surface area contributed by atoms with Gasteiger partial charge in [0.25, 0.3) is 11.8 Å². The maximum absolute atomic E-state index is 14.5. The van der Waals surface area contributed by atoms with Crippen molar-refractivity contribution in [3.63, 3.8) is 0 Å². The average molecular weight is 651 g/mol. The first-order chi connectivity index (χ1) is 22.9. The molecule has 1 unspecified atom stereocenters. The van der Waals surface area contributed by atoms with E-state index in [4.69, 9.17) is 9.84 Å². The molecule has 242 valence electrons. The van der Waals surface area contributed by atoms with Crippen LogP contribution in [0.2, 0.25) is 0 Å². The van der Waals surface area contributed by atoms with E-state index in [-0.39, 0.29) is 30.2 Å². The summed E-state index contributed by atoms with van der Waals surface area (Å²) in [6, 6.07) is 23.3. The van der Waals surface area contributed by atoms with Crippen LogP contribution in [0.15, 0.2) is 77.7 Å². The summed E-state index contributed by atoms with van der Waals surface area (Å²) in [5, 5.41) is 14.0. The Kier molecular flexibility index (Phi) is 9.68. The van der Waals surface area contributed by atoms with Gasteiger partial charge in [-0.25, -0.2) is 4.21 Å². The van der Waals surface area contributed by atoms with Crippen LogP contribution in [0.4, 0.5) is 5.69 Å². The van der Waals surface area contributed by atoms with E-state index in [1.54, 1.807) is 53.2 Å². The number of carbonyl (C=O) groups is 2. The molecule has 10 nitrogen and oxygen atoms in total. The zero-order chi connectivity index (χ0) is 32.9. The molecular weight excluding hydrogens is 613 g/mol. The Hall–Kier alpha value is -4.95. The molecule has 0 aliphatic carbocycles. The Balaban J connectivity index is 1.41. The van der Waals surface area contributed by atoms with Crippen LogP contribution in [0.1, 0.15) is 77.1 Å². The van der Waals surface area contributed by atoms with E-state index < -0.39 is 11.0 Å². The number of rotatable bonds is 10. The lowest BCUT2D eigenvalue weighted by atomic mass is 9.93. The molecular formula is C36H38N6O4S. The number of aromatic nitrogens is 2. The smallest absolute Gasteiger partial charge is 0.274 e. The normalized spacial score (nSPS) is 15.7. The molecule has 3 aromatic carbocycles. The summed E-state index contributed by atoms with van der Waals surface area (Å²) in [6.07, 6.45) is 4.36. The van der Waals surface area contributed by atoms with Gasteiger partial charge in [0.05, 0.1) is 33.8 Å². The van der Waals surface area contributed by atoms with Gasteiger partial charge in [0.2, 0.25) is 5.88 Å². The topological polar surface area (TPSA) is 121 Å². The molecule has 1 aromatic heterocycles. The first-order valence-electron chi connectivity index (χ1n) is 16.1. The Morgan fingerprint density at radius 3 is 2.55 bits per heavy atom. The lowest BCUT2D eigenvalue weighted by molar-refractivity contribution is 0.0569. The maximum atomic E-state index is 14.5. The molecule has 11 heteroatoms. The van der Waals surface area contributed by atoms with Crippen LogP contribution in [0.25, 0.3) is 5.69 Å². The molecule has 1 N–H and O–H groups in total. The van der Waals surface area contributed by atoms with E-state index in [1.165, 1.54) is 5.56 Å². The molecule has 0 fully saturated rings. The second-order valence-corrected chi connectivity index (χ2v) is 13.1. The number of amides is 2. The third-order valence-electron chi connectivity index (χ3n) is 8.63. The van der Waals surface area contributed by atoms with E-state index in [9.17, 15) is 19.1 Å². The molecule has 0 radical (unpaired) electrons. The third kappa shape index (κ3) is 6.79. The van der Waals surface area contributed by atoms with E-state index in [2.05, 4.69) is 30.7 Å². The lowest BCUT2D eigenvalue weighted by Crippen LogP contribution is -2.47. The van der Waals surface area contributed by atoms with Crippen molar-refractivity contribution in [3.05, 3.63) is 101 Å². The fraction of sp³-hybridized carbons (Fsp3) is 0.333. The molecule has 0 spiro atoms. The number of nitrogens with one attached hydrogen (secondary N) is 1. The zero-order valence-corrected chi connectivity index (χ0v) is 27.5. The quantitative estimate of drug-likeness (QED) is 0.229. The fourth-order valence-electron chi connectivity index (χ4n) is 6.03. The highest BCUT2D eigenvalue weighted by atomic mass is 32.2. The van der Waals surface area contributed by atoms with Gasteiger partial charge < -0.3 is 19.3 Å². The van der Waals surface area contributed by atoms with Crippen molar-refractivity contribution in [1.82, 2.24) is 19.6 Å². The highest BCUT2D eigenvalue weighted by Gasteiger charge is 2.35. The lowest BCUT2D eigenvalue weighted by Gasteiger charge is -2.36. The Bertz CT molecular complexity index is 1860. The van der Waals surface area contributed by atoms with Crippen LogP contribution in [-0.2, 0) is 24.0 Å². The molecule has 0 bridgehead atoms. The summed E-state index contributed by atoms with van der Waals surface area (Å²) in [4.78, 5) is 32.4. The molecule has 47 heavy (non-hydrogen) atoms. The molecule has 0 saturated carbocycles. The van der Waals surface area contributed by atoms with Gasteiger partial charge in [-0.1, -0.05) is 57.0 Å². The summed E-state index contributed by atoms with van der Waals surface area (Å²) in [5.41, 5.74) is 4.17. The predicted octanol–water partition coefficient (Wildman–Crippen LogP) is 5.88. The van der Waals surface area contributed by atoms with Gasteiger partial charge in [-0.3, -0.25) is 9.59 Å². The average Bonchev–Trinajstić information content (AvgIpc) is 3.54. The first kappa shape index (κ1) is 32.0. The maximum Gasteiger partial charge on any atom is 0.274 e. The van der Waals surface area contributed by atoms with Crippen molar-refractivity contribution < 1.29 is 18.5 Å². The minimum absolute atomic E-state index is 0.165. The molecule has 3 heterocycles. The summed E-state index contributed by atoms with van der Waals surface area (Å²) >= 11 is 0. The van der Waals surface area contributed by atoms with Crippen molar-refractivity contribution in [1.29, 1.82) is 5.26 Å². The van der Waals surface area contributed by atoms with Crippen molar-refractivity contribution in [2.24, 2.45) is 0 Å². The second-order valence-electron chi connectivity index (χ2n) is 11.9. The zero-order valence-electron chi connectivity index (χ0n) is 26.6. The largest absolute Gasteiger partial charge is 0.475 e. The van der Waals surface area contributed by atoms with Crippen molar-refractivity contribution in [2.45, 2.75) is 63.4 Å². The number of nitriles is 1. The summed E-state index contributed by atoms with van der Waals surface area (Å²) < 4.78 is 24.2. The summed E-state index contributed by atoms with van der Waals surface area (Å²) in [5.74, 6) is 0.00124. The summed E-state index contributed by atoms with van der Waals surface area (Å²) in [6.45, 7) is 6.14. The van der Waals surface area contributed by atoms with Gasteiger partial charge in [-0.15, -0.1) is 0 Å². The Morgan fingerprint density at radius 1 is 1.04 bits per heavy atom. The van der Waals surface area contributed by atoms with E-state index in [0.717, 1.165) is 31.2 Å². The molecule has 2 amide bonds. The van der Waals surface area contributed by atoms with Crippen LogP contribution in [0.3, 0.4) is 0 Å². The fourth-order valence-corrected chi connectivity index (χ4v) is 6.93. The number of fused-ring (bicyclic) bond motifs is 5. The van der Waals surface area contributed by atoms with E-state index in [0.29, 0.717) is 59.3 Å². The number of ether oxygens (including phenoxy) is 1. The van der Waals surface area contributed by atoms with Gasteiger partial charge >= 0.3 is 0 Å². The number of benzene rings is 3. The van der Waals surface area contributed by atoms with Crippen LogP contribution in [0, 0.1) is 11.3 Å². The minimum atomic E-state index is -1.69. The van der Waals surface area contributed by atoms with Crippen molar-refractivity contribution in [2.75, 3.05) is 24.4 Å². The number of hydrogen-bond acceptors (Lipinski definition) is 6. The molecule has 2 aliphatic rings. The number of anilines is 1. The highest BCUT2D eigenvalue weighted by Crippen LogP contribution is 2.33. The van der Waals surface area contributed by atoms with Gasteiger partial charge in [0.1, 0.15) is 17.6 Å². The molecule has 4 aromatic rings. The van der Waals surface area contributed by atoms with Crippen molar-refractivity contribution >= 4 is 28.5 Å². The van der Waals surface area contributed by atoms with E-state index >= 15 is 0 Å². The Morgan fingerprint density at radius 2 is 1.81 bits per heavy atom. The monoisotopic (exact) mass is 650 g/mol. The number of carbonyl (C=O) groups excluding carboxylic acids is 2. The van der Waals surface area contributed by atoms with Gasteiger partial charge in [-0.2, -0.15) is 15.0 Å². The Labute approximate surface area is 277 Å². The summed E-state index contributed by atoms with van der Waals surface area (Å²) in [7, 11) is -1.69. The molecule has 6 rings (SSSR count). The van der Waals surface area contributed by atoms with Crippen LogP contribution in [-0.4, -0.2) is 61.3 Å². The molecule has 2 aliphatic heterocycles. The predicted molar refractivity (Wildman–Crippen MR) is 180 cm³/mol. The third-order valence-corrected chi connectivity index (χ3v) is 9.73. The minimum Gasteiger partial charge on any atom is -0.475 e. The van der Waals surface area contributed by atoms with E-state index in [1.807, 2.05) is 28.0 Å². The second kappa shape index (κ2) is 14.2. The van der Waals surface area contributed by atoms with Gasteiger partial charge in [0.15, 0.2) is 5.69 Å². The molecule has 2 atom stereocenters. The standard InChI is InChI=1S/C36H38N6O4S/c1-3-5-16-40(17-6-4-2)36(44)32-21-34-42(38-32)33-15-14-28(39-47(45)30-13-9-10-25(18-30)22-37)20-31(33)35(43)41-23-27-12-8-7-11-26(27)19-29(41)24-46-34/h7-15,18,20-21,29,39H,3-6,16-17,19,23-24H2,1-2H3/t29-,47?/m0/s1. The molecule has 0 saturated heterocycles. The number of unbranched alkanes of at least 4 members (excludes halogenated alkanes) is 2.